The number of amides is 1. The molecule has 4 heteroatoms. The van der Waals surface area contributed by atoms with Crippen molar-refractivity contribution in [2.45, 2.75) is 45.1 Å². The van der Waals surface area contributed by atoms with Gasteiger partial charge >= 0.3 is 0 Å². The van der Waals surface area contributed by atoms with Gasteiger partial charge in [-0.3, -0.25) is 4.79 Å². The molecule has 0 saturated carbocycles. The third-order valence-electron chi connectivity index (χ3n) is 4.08. The van der Waals surface area contributed by atoms with Gasteiger partial charge in [0.2, 0.25) is 0 Å². The summed E-state index contributed by atoms with van der Waals surface area (Å²) in [6.07, 6.45) is 7.36. The van der Waals surface area contributed by atoms with Crippen molar-refractivity contribution in [1.82, 2.24) is 14.9 Å². The lowest BCUT2D eigenvalue weighted by Crippen LogP contribution is -2.47. The summed E-state index contributed by atoms with van der Waals surface area (Å²) >= 11 is 0. The summed E-state index contributed by atoms with van der Waals surface area (Å²) in [5.74, 6) is 0.625. The monoisotopic (exact) mass is 285 g/mol. The molecule has 0 aliphatic carbocycles. The Kier molecular flexibility index (Phi) is 4.56. The van der Waals surface area contributed by atoms with Crippen LogP contribution < -0.4 is 0 Å². The predicted molar refractivity (Wildman–Crippen MR) is 84.1 cm³/mol. The van der Waals surface area contributed by atoms with Gasteiger partial charge < -0.3 is 4.90 Å². The highest BCUT2D eigenvalue weighted by molar-refractivity contribution is 5.93. The van der Waals surface area contributed by atoms with Crippen molar-refractivity contribution < 1.29 is 4.79 Å². The molecule has 1 aliphatic rings. The second-order valence-corrected chi connectivity index (χ2v) is 5.71. The van der Waals surface area contributed by atoms with Crippen molar-refractivity contribution in [1.29, 1.82) is 0 Å². The number of carbonyl (C=O) groups excluding carboxylic acids is 1. The van der Waals surface area contributed by atoms with Gasteiger partial charge in [-0.2, -0.15) is 0 Å². The van der Waals surface area contributed by atoms with E-state index in [9.17, 15) is 4.79 Å². The zero-order chi connectivity index (χ0) is 15.5. The van der Waals surface area contributed by atoms with Gasteiger partial charge in [0, 0.05) is 12.2 Å². The van der Waals surface area contributed by atoms with Crippen molar-refractivity contribution in [2.75, 3.05) is 6.54 Å². The molecule has 1 fully saturated rings. The lowest BCUT2D eigenvalue weighted by Gasteiger charge is -2.37. The van der Waals surface area contributed by atoms with Gasteiger partial charge in [-0.25, -0.2) is 9.97 Å². The Morgan fingerprint density at radius 2 is 2.00 bits per heavy atom. The summed E-state index contributed by atoms with van der Waals surface area (Å²) in [5.41, 5.74) is 1.12. The maximum atomic E-state index is 12.9. The molecule has 1 aliphatic heterocycles. The van der Waals surface area contributed by atoms with E-state index in [1.54, 1.807) is 6.07 Å². The summed E-state index contributed by atoms with van der Waals surface area (Å²) < 4.78 is 0. The summed E-state index contributed by atoms with van der Waals surface area (Å²) in [6, 6.07) is 1.76. The van der Waals surface area contributed by atoms with Crippen LogP contribution in [-0.4, -0.2) is 32.9 Å². The van der Waals surface area contributed by atoms with Gasteiger partial charge in [0.25, 0.3) is 5.91 Å². The maximum Gasteiger partial charge on any atom is 0.273 e. The highest BCUT2D eigenvalue weighted by atomic mass is 16.2. The van der Waals surface area contributed by atoms with Gasteiger partial charge in [0.05, 0.1) is 5.54 Å². The normalized spacial score (nSPS) is 16.8. The zero-order valence-electron chi connectivity index (χ0n) is 12.9. The average molecular weight is 285 g/mol. The SMILES string of the molecule is C=CCC1(CC=C)CCCN1C(=O)c1cc(C)nc(C)n1. The Hall–Kier alpha value is -1.97. The van der Waals surface area contributed by atoms with E-state index in [0.717, 1.165) is 37.9 Å². The Labute approximate surface area is 126 Å². The van der Waals surface area contributed by atoms with Gasteiger partial charge in [-0.15, -0.1) is 13.2 Å². The molecule has 0 bridgehead atoms. The molecule has 1 amide bonds. The second-order valence-electron chi connectivity index (χ2n) is 5.71. The molecule has 0 radical (unpaired) electrons. The zero-order valence-corrected chi connectivity index (χ0v) is 12.9. The molecular formula is C17H23N3O. The van der Waals surface area contributed by atoms with E-state index in [2.05, 4.69) is 23.1 Å². The molecule has 2 heterocycles. The van der Waals surface area contributed by atoms with E-state index in [0.29, 0.717) is 11.5 Å². The molecule has 0 N–H and O–H groups in total. The molecule has 0 aromatic carbocycles. The Morgan fingerprint density at radius 1 is 1.33 bits per heavy atom. The minimum absolute atomic E-state index is 0.00944. The lowest BCUT2D eigenvalue weighted by molar-refractivity contribution is 0.0594. The lowest BCUT2D eigenvalue weighted by atomic mass is 9.88. The first-order valence-corrected chi connectivity index (χ1v) is 7.38. The van der Waals surface area contributed by atoms with Crippen LogP contribution in [0.4, 0.5) is 0 Å². The first kappa shape index (κ1) is 15.4. The molecule has 0 atom stereocenters. The van der Waals surface area contributed by atoms with E-state index < -0.39 is 0 Å². The number of carbonyl (C=O) groups is 1. The fraction of sp³-hybridized carbons (Fsp3) is 0.471. The van der Waals surface area contributed by atoms with Gasteiger partial charge in [-0.05, 0) is 45.6 Å². The van der Waals surface area contributed by atoms with Crippen LogP contribution in [-0.2, 0) is 0 Å². The van der Waals surface area contributed by atoms with Crippen LogP contribution >= 0.6 is 0 Å². The summed E-state index contributed by atoms with van der Waals surface area (Å²) in [6.45, 7) is 12.2. The first-order valence-electron chi connectivity index (χ1n) is 7.38. The Bertz CT molecular complexity index is 535. The van der Waals surface area contributed by atoms with Crippen LogP contribution in [0, 0.1) is 13.8 Å². The van der Waals surface area contributed by atoms with Gasteiger partial charge in [0.1, 0.15) is 11.5 Å². The third-order valence-corrected chi connectivity index (χ3v) is 4.08. The molecule has 0 spiro atoms. The summed E-state index contributed by atoms with van der Waals surface area (Å²) in [5, 5.41) is 0. The molecule has 0 unspecified atom stereocenters. The van der Waals surface area contributed by atoms with Crippen molar-refractivity contribution in [3.05, 3.63) is 48.6 Å². The quantitative estimate of drug-likeness (QED) is 0.780. The first-order chi connectivity index (χ1) is 10.0. The van der Waals surface area contributed by atoms with Crippen molar-refractivity contribution in [3.63, 3.8) is 0 Å². The fourth-order valence-electron chi connectivity index (χ4n) is 3.27. The average Bonchev–Trinajstić information content (AvgIpc) is 2.81. The third kappa shape index (κ3) is 3.04. The fourth-order valence-corrected chi connectivity index (χ4v) is 3.27. The molecule has 1 saturated heterocycles. The summed E-state index contributed by atoms with van der Waals surface area (Å²) in [4.78, 5) is 23.4. The Morgan fingerprint density at radius 3 is 2.57 bits per heavy atom. The van der Waals surface area contributed by atoms with E-state index >= 15 is 0 Å². The van der Waals surface area contributed by atoms with E-state index in [-0.39, 0.29) is 11.4 Å². The smallest absolute Gasteiger partial charge is 0.273 e. The van der Waals surface area contributed by atoms with Crippen molar-refractivity contribution >= 4 is 5.91 Å². The molecule has 1 aromatic rings. The molecule has 4 nitrogen and oxygen atoms in total. The van der Waals surface area contributed by atoms with Crippen LogP contribution in [0.2, 0.25) is 0 Å². The molecule has 2 rings (SSSR count). The minimum Gasteiger partial charge on any atom is -0.331 e. The number of hydrogen-bond donors (Lipinski definition) is 0. The standard InChI is InChI=1S/C17H23N3O/c1-5-8-17(9-6-2)10-7-11-20(17)16(21)15-12-13(3)18-14(4)19-15/h5-6,12H,1-2,7-11H2,3-4H3. The number of nitrogens with zero attached hydrogens (tertiary/aromatic N) is 3. The largest absolute Gasteiger partial charge is 0.331 e. The Balaban J connectivity index is 2.35. The van der Waals surface area contributed by atoms with Gasteiger partial charge in [0.15, 0.2) is 0 Å². The molecule has 21 heavy (non-hydrogen) atoms. The number of aryl methyl sites for hydroxylation is 2. The highest BCUT2D eigenvalue weighted by Crippen LogP contribution is 2.37. The summed E-state index contributed by atoms with van der Waals surface area (Å²) in [7, 11) is 0. The van der Waals surface area contributed by atoms with Gasteiger partial charge in [-0.1, -0.05) is 12.2 Å². The molecule has 1 aromatic heterocycles. The number of hydrogen-bond acceptors (Lipinski definition) is 3. The highest BCUT2D eigenvalue weighted by Gasteiger charge is 2.42. The van der Waals surface area contributed by atoms with Crippen LogP contribution in [0.3, 0.4) is 0 Å². The van der Waals surface area contributed by atoms with Crippen LogP contribution in [0.5, 0.6) is 0 Å². The molecule has 112 valence electrons. The number of likely N-dealkylation sites (tertiary alicyclic amines) is 1. The number of aromatic nitrogens is 2. The van der Waals surface area contributed by atoms with E-state index in [4.69, 9.17) is 0 Å². The van der Waals surface area contributed by atoms with Crippen molar-refractivity contribution in [2.24, 2.45) is 0 Å². The van der Waals surface area contributed by atoms with Crippen LogP contribution in [0.15, 0.2) is 31.4 Å². The second kappa shape index (κ2) is 6.20. The van der Waals surface area contributed by atoms with E-state index in [1.165, 1.54) is 0 Å². The maximum absolute atomic E-state index is 12.9. The van der Waals surface area contributed by atoms with Crippen LogP contribution in [0.1, 0.15) is 47.7 Å². The van der Waals surface area contributed by atoms with E-state index in [1.807, 2.05) is 30.9 Å². The van der Waals surface area contributed by atoms with Crippen LogP contribution in [0.25, 0.3) is 0 Å². The minimum atomic E-state index is -0.187. The molecular weight excluding hydrogens is 262 g/mol. The number of rotatable bonds is 5. The predicted octanol–water partition coefficient (Wildman–Crippen LogP) is 3.22. The topological polar surface area (TPSA) is 46.1 Å². The van der Waals surface area contributed by atoms with Crippen molar-refractivity contribution in [3.8, 4) is 0 Å².